The fourth-order valence-corrected chi connectivity index (χ4v) is 2.99. The van der Waals surface area contributed by atoms with Gasteiger partial charge in [0.15, 0.2) is 11.5 Å². The van der Waals surface area contributed by atoms with Gasteiger partial charge in [-0.25, -0.2) is 0 Å². The molecule has 4 nitrogen and oxygen atoms in total. The van der Waals surface area contributed by atoms with Crippen molar-refractivity contribution in [2.75, 3.05) is 6.79 Å². The van der Waals surface area contributed by atoms with Crippen LogP contribution in [-0.4, -0.2) is 6.79 Å². The Balaban J connectivity index is 0.000000704. The number of para-hydroxylation sites is 1. The molecule has 0 N–H and O–H groups in total. The minimum absolute atomic E-state index is 0.0322. The highest BCUT2D eigenvalue weighted by Crippen LogP contribution is 2.40. The Labute approximate surface area is 138 Å². The molecule has 0 bridgehead atoms. The lowest BCUT2D eigenvalue weighted by atomic mass is 10.0. The highest BCUT2D eigenvalue weighted by molar-refractivity contribution is 6.02. The van der Waals surface area contributed by atoms with E-state index in [1.54, 1.807) is 12.1 Å². The number of ether oxygens (including phenoxy) is 2. The van der Waals surface area contributed by atoms with Gasteiger partial charge in [-0.15, -0.1) is 0 Å². The van der Waals surface area contributed by atoms with Crippen molar-refractivity contribution < 1.29 is 13.9 Å². The Morgan fingerprint density at radius 3 is 2.54 bits per heavy atom. The zero-order valence-corrected chi connectivity index (χ0v) is 13.5. The molecule has 0 spiro atoms. The van der Waals surface area contributed by atoms with Crippen molar-refractivity contribution in [3.05, 3.63) is 58.8 Å². The molecular weight excluding hydrogens is 304 g/mol. The summed E-state index contributed by atoms with van der Waals surface area (Å²) in [4.78, 5) is 12.7. The molecule has 2 heterocycles. The van der Waals surface area contributed by atoms with Gasteiger partial charge in [-0.3, -0.25) is 4.79 Å². The zero-order valence-electron chi connectivity index (χ0n) is 13.5. The lowest BCUT2D eigenvalue weighted by molar-refractivity contribution is 0.175. The van der Waals surface area contributed by atoms with Crippen LogP contribution in [0.1, 0.15) is 13.8 Å². The molecule has 1 aromatic heterocycles. The van der Waals surface area contributed by atoms with Gasteiger partial charge in [-0.05, 0) is 35.7 Å². The predicted octanol–water partition coefficient (Wildman–Crippen LogP) is 4.85. The molecule has 120 valence electrons. The van der Waals surface area contributed by atoms with Crippen LogP contribution in [0, 0.1) is 0 Å². The summed E-state index contributed by atoms with van der Waals surface area (Å²) >= 11 is 0. The summed E-state index contributed by atoms with van der Waals surface area (Å²) in [5, 5.41) is 2.95. The first-order chi connectivity index (χ1) is 11.8. The summed E-state index contributed by atoms with van der Waals surface area (Å²) in [5.41, 5.74) is 1.14. The van der Waals surface area contributed by atoms with E-state index in [1.165, 1.54) is 0 Å². The normalized spacial score (nSPS) is 12.4. The largest absolute Gasteiger partial charge is 0.456 e. The molecular formula is C20H16O4. The van der Waals surface area contributed by atoms with E-state index in [2.05, 4.69) is 0 Å². The minimum Gasteiger partial charge on any atom is -0.456 e. The number of hydrogen-bond acceptors (Lipinski definition) is 4. The van der Waals surface area contributed by atoms with E-state index in [0.29, 0.717) is 33.4 Å². The van der Waals surface area contributed by atoms with Crippen molar-refractivity contribution in [1.29, 1.82) is 0 Å². The summed E-state index contributed by atoms with van der Waals surface area (Å²) in [6.45, 7) is 4.21. The Hall–Kier alpha value is -3.01. The molecule has 3 aromatic carbocycles. The van der Waals surface area contributed by atoms with Gasteiger partial charge in [0.05, 0.1) is 10.8 Å². The summed E-state index contributed by atoms with van der Waals surface area (Å²) < 4.78 is 16.8. The highest BCUT2D eigenvalue weighted by atomic mass is 16.7. The fraction of sp³-hybridized carbons (Fsp3) is 0.150. The van der Waals surface area contributed by atoms with Crippen LogP contribution in [0.2, 0.25) is 0 Å². The average Bonchev–Trinajstić information content (AvgIpc) is 3.11. The number of hydrogen-bond donors (Lipinski definition) is 0. The summed E-state index contributed by atoms with van der Waals surface area (Å²) in [6.07, 6.45) is 0. The van der Waals surface area contributed by atoms with Crippen LogP contribution in [0.15, 0.2) is 57.7 Å². The molecule has 0 saturated heterocycles. The zero-order chi connectivity index (χ0) is 16.7. The van der Waals surface area contributed by atoms with Gasteiger partial charge in [0.25, 0.3) is 0 Å². The van der Waals surface area contributed by atoms with Gasteiger partial charge in [0.2, 0.25) is 12.2 Å². The third-order valence-electron chi connectivity index (χ3n) is 4.05. The van der Waals surface area contributed by atoms with Crippen LogP contribution in [0.4, 0.5) is 0 Å². The monoisotopic (exact) mass is 320 g/mol. The number of benzene rings is 3. The van der Waals surface area contributed by atoms with E-state index in [1.807, 2.05) is 50.2 Å². The van der Waals surface area contributed by atoms with Gasteiger partial charge in [0, 0.05) is 5.39 Å². The molecule has 0 unspecified atom stereocenters. The summed E-state index contributed by atoms with van der Waals surface area (Å²) in [5.74, 6) is 1.39. The second kappa shape index (κ2) is 5.57. The van der Waals surface area contributed by atoms with Gasteiger partial charge in [-0.2, -0.15) is 0 Å². The van der Waals surface area contributed by atoms with Crippen LogP contribution in [0.25, 0.3) is 32.7 Å². The first-order valence-corrected chi connectivity index (χ1v) is 7.99. The van der Waals surface area contributed by atoms with Crippen molar-refractivity contribution in [1.82, 2.24) is 0 Å². The highest BCUT2D eigenvalue weighted by Gasteiger charge is 2.18. The van der Waals surface area contributed by atoms with E-state index < -0.39 is 0 Å². The topological polar surface area (TPSA) is 48.7 Å². The van der Waals surface area contributed by atoms with Crippen LogP contribution < -0.4 is 14.9 Å². The molecule has 0 atom stereocenters. The molecule has 24 heavy (non-hydrogen) atoms. The second-order valence-corrected chi connectivity index (χ2v) is 5.30. The third kappa shape index (κ3) is 2.03. The first-order valence-electron chi connectivity index (χ1n) is 7.99. The Kier molecular flexibility index (Phi) is 3.38. The molecule has 1 aliphatic rings. The van der Waals surface area contributed by atoms with Crippen molar-refractivity contribution >= 4 is 32.7 Å². The van der Waals surface area contributed by atoms with Gasteiger partial charge < -0.3 is 13.9 Å². The molecule has 0 fully saturated rings. The Morgan fingerprint density at radius 2 is 1.67 bits per heavy atom. The van der Waals surface area contributed by atoms with Gasteiger partial charge >= 0.3 is 0 Å². The maximum Gasteiger partial charge on any atom is 0.231 e. The molecule has 0 amide bonds. The molecule has 4 heteroatoms. The van der Waals surface area contributed by atoms with Crippen LogP contribution in [0.5, 0.6) is 11.5 Å². The number of rotatable bonds is 0. The Morgan fingerprint density at radius 1 is 0.833 bits per heavy atom. The standard InChI is InChI=1S/C18H10O4.C2H6/c19-17-11-3-1-2-4-14(11)22-16-7-10-5-6-15-18(21-9-20-15)12(10)8-13(16)17;1-2/h1-8H,9H2;1-2H3. The smallest absolute Gasteiger partial charge is 0.231 e. The van der Waals surface area contributed by atoms with Crippen molar-refractivity contribution in [2.45, 2.75) is 13.8 Å². The van der Waals surface area contributed by atoms with Crippen molar-refractivity contribution in [3.63, 3.8) is 0 Å². The maximum absolute atomic E-state index is 12.7. The van der Waals surface area contributed by atoms with Crippen molar-refractivity contribution in [2.24, 2.45) is 0 Å². The first kappa shape index (κ1) is 14.6. The minimum atomic E-state index is -0.0322. The number of fused-ring (bicyclic) bond motifs is 5. The second-order valence-electron chi connectivity index (χ2n) is 5.30. The molecule has 5 rings (SSSR count). The van der Waals surface area contributed by atoms with E-state index in [-0.39, 0.29) is 12.2 Å². The van der Waals surface area contributed by atoms with Crippen molar-refractivity contribution in [3.8, 4) is 11.5 Å². The lowest BCUT2D eigenvalue weighted by Crippen LogP contribution is -2.01. The quantitative estimate of drug-likeness (QED) is 0.434. The van der Waals surface area contributed by atoms with Crippen LogP contribution in [0.3, 0.4) is 0 Å². The molecule has 0 saturated carbocycles. The SMILES string of the molecule is CC.O=c1c2ccccc2oc2cc3ccc4c(c3cc12)OCO4. The van der Waals surface area contributed by atoms with Crippen LogP contribution >= 0.6 is 0 Å². The summed E-state index contributed by atoms with van der Waals surface area (Å²) in [7, 11) is 0. The van der Waals surface area contributed by atoms with Gasteiger partial charge in [0.1, 0.15) is 11.2 Å². The predicted molar refractivity (Wildman–Crippen MR) is 95.0 cm³/mol. The van der Waals surface area contributed by atoms with E-state index in [4.69, 9.17) is 13.9 Å². The molecule has 0 aliphatic carbocycles. The van der Waals surface area contributed by atoms with E-state index in [9.17, 15) is 4.79 Å². The van der Waals surface area contributed by atoms with E-state index >= 15 is 0 Å². The Bertz CT molecular complexity index is 1130. The summed E-state index contributed by atoms with van der Waals surface area (Å²) in [6, 6.07) is 14.8. The average molecular weight is 320 g/mol. The van der Waals surface area contributed by atoms with Crippen LogP contribution in [-0.2, 0) is 0 Å². The van der Waals surface area contributed by atoms with Gasteiger partial charge in [-0.1, -0.05) is 32.0 Å². The molecule has 1 aliphatic heterocycles. The maximum atomic E-state index is 12.7. The lowest BCUT2D eigenvalue weighted by Gasteiger charge is -2.06. The molecule has 0 radical (unpaired) electrons. The third-order valence-corrected chi connectivity index (χ3v) is 4.05. The van der Waals surface area contributed by atoms with E-state index in [0.717, 1.165) is 10.8 Å². The fourth-order valence-electron chi connectivity index (χ4n) is 2.99. The molecule has 4 aromatic rings.